The number of azo groups is 1. The first-order valence-electron chi connectivity index (χ1n) is 6.46. The second-order valence-electron chi connectivity index (χ2n) is 4.66. The summed E-state index contributed by atoms with van der Waals surface area (Å²) in [5.41, 5.74) is 1.37. The van der Waals surface area contributed by atoms with Gasteiger partial charge in [0.25, 0.3) is 0 Å². The monoisotopic (exact) mass is 392 g/mol. The number of hydrogen-bond acceptors (Lipinski definition) is 8. The van der Waals surface area contributed by atoms with Crippen molar-refractivity contribution in [2.75, 3.05) is 11.2 Å². The Kier molecular flexibility index (Phi) is 7.68. The number of primary sulfonamides is 1. The zero-order valence-electron chi connectivity index (χ0n) is 13.2. The van der Waals surface area contributed by atoms with E-state index < -0.39 is 26.0 Å². The van der Waals surface area contributed by atoms with Gasteiger partial charge in [-0.1, -0.05) is 0 Å². The van der Waals surface area contributed by atoms with Crippen molar-refractivity contribution in [3.05, 3.63) is 48.5 Å². The largest absolute Gasteiger partial charge is 1.00 e. The summed E-state index contributed by atoms with van der Waals surface area (Å²) >= 11 is 0. The van der Waals surface area contributed by atoms with Crippen LogP contribution in [0, 0.1) is 0 Å². The van der Waals surface area contributed by atoms with Crippen LogP contribution in [0.25, 0.3) is 0 Å². The van der Waals surface area contributed by atoms with Gasteiger partial charge >= 0.3 is 29.6 Å². The molecule has 3 N–H and O–H groups in total. The van der Waals surface area contributed by atoms with E-state index in [1.807, 2.05) is 0 Å². The van der Waals surface area contributed by atoms with Crippen LogP contribution in [0.5, 0.6) is 0 Å². The molecule has 0 aliphatic carbocycles. The van der Waals surface area contributed by atoms with Crippen molar-refractivity contribution < 1.29 is 50.9 Å². The number of hydrogen-bond donors (Lipinski definition) is 2. The Balaban J connectivity index is 0.00000312. The normalized spacial score (nSPS) is 11.9. The van der Waals surface area contributed by atoms with Crippen LogP contribution in [-0.4, -0.2) is 27.3 Å². The van der Waals surface area contributed by atoms with Crippen LogP contribution in [0.2, 0.25) is 0 Å². The van der Waals surface area contributed by atoms with Crippen molar-refractivity contribution >= 4 is 37.2 Å². The van der Waals surface area contributed by atoms with E-state index in [1.54, 1.807) is 24.3 Å². The Bertz CT molecular complexity index is 943. The van der Waals surface area contributed by atoms with E-state index in [9.17, 15) is 21.4 Å². The number of nitrogens with one attached hydrogen (secondary N) is 1. The minimum absolute atomic E-state index is 0. The number of nitrogens with two attached hydrogens (primary N) is 1. The van der Waals surface area contributed by atoms with E-state index in [-0.39, 0.29) is 34.5 Å². The molecule has 12 heteroatoms. The molecule has 0 saturated carbocycles. The molecule has 0 heterocycles. The summed E-state index contributed by atoms with van der Waals surface area (Å²) in [6.45, 7) is 0. The summed E-state index contributed by atoms with van der Waals surface area (Å²) in [5.74, 6) is -0.704. The molecule has 128 valence electrons. The maximum absolute atomic E-state index is 11.1. The number of sulfonamides is 1. The fraction of sp³-hybridized carbons (Fsp3) is 0.0769. The first-order valence-corrected chi connectivity index (χ1v) is 9.58. The Labute approximate surface area is 167 Å². The molecule has 0 radical (unpaired) electrons. The van der Waals surface area contributed by atoms with E-state index in [4.69, 9.17) is 5.14 Å². The van der Waals surface area contributed by atoms with Crippen LogP contribution in [0.4, 0.5) is 17.1 Å². The molecule has 25 heavy (non-hydrogen) atoms. The smallest absolute Gasteiger partial charge is 0.747 e. The molecule has 0 bridgehead atoms. The van der Waals surface area contributed by atoms with Gasteiger partial charge in [0.05, 0.1) is 16.3 Å². The van der Waals surface area contributed by atoms with Gasteiger partial charge in [-0.15, -0.1) is 0 Å². The molecule has 0 aliphatic heterocycles. The van der Waals surface area contributed by atoms with Gasteiger partial charge in [0, 0.05) is 5.69 Å². The molecule has 2 rings (SSSR count). The fourth-order valence-electron chi connectivity index (χ4n) is 1.64. The Morgan fingerprint density at radius 3 is 1.72 bits per heavy atom. The van der Waals surface area contributed by atoms with E-state index in [0.717, 1.165) is 0 Å². The topological polar surface area (TPSA) is 154 Å². The van der Waals surface area contributed by atoms with Gasteiger partial charge < -0.3 is 9.87 Å². The summed E-state index contributed by atoms with van der Waals surface area (Å²) < 4.78 is 53.8. The second kappa shape index (κ2) is 8.85. The molecule has 0 aromatic heterocycles. The van der Waals surface area contributed by atoms with E-state index in [0.29, 0.717) is 17.1 Å². The minimum Gasteiger partial charge on any atom is -0.747 e. The van der Waals surface area contributed by atoms with Gasteiger partial charge in [-0.2, -0.15) is 10.2 Å². The molecule has 0 aliphatic rings. The van der Waals surface area contributed by atoms with Crippen LogP contribution >= 0.6 is 0 Å². The Hall–Kier alpha value is -1.34. The zero-order valence-corrected chi connectivity index (χ0v) is 16.8. The van der Waals surface area contributed by atoms with E-state index in [1.165, 1.54) is 24.3 Å². The summed E-state index contributed by atoms with van der Waals surface area (Å²) in [6.07, 6.45) is 0. The molecule has 0 unspecified atom stereocenters. The van der Waals surface area contributed by atoms with Gasteiger partial charge in [-0.25, -0.2) is 22.0 Å². The van der Waals surface area contributed by atoms with Crippen LogP contribution in [0.3, 0.4) is 0 Å². The second-order valence-corrected chi connectivity index (χ2v) is 7.63. The predicted molar refractivity (Wildman–Crippen MR) is 86.6 cm³/mol. The molecular formula is C13H13N4NaO5S2. The molecule has 0 saturated heterocycles. The first kappa shape index (κ1) is 21.7. The third-order valence-corrected chi connectivity index (χ3v) is 4.19. The summed E-state index contributed by atoms with van der Waals surface area (Å²) in [4.78, 5) is -0.0230. The summed E-state index contributed by atoms with van der Waals surface area (Å²) in [5, 5.41) is 15.3. The SMILES string of the molecule is NS(=O)(=O)c1ccc(N=Nc2ccc(NCS(=O)(=O)[O-])cc2)cc1.[Na+]. The van der Waals surface area contributed by atoms with E-state index in [2.05, 4.69) is 15.5 Å². The molecule has 2 aromatic carbocycles. The predicted octanol–water partition coefficient (Wildman–Crippen LogP) is -1.33. The molecule has 0 spiro atoms. The summed E-state index contributed by atoms with van der Waals surface area (Å²) in [7, 11) is -8.10. The Morgan fingerprint density at radius 2 is 1.32 bits per heavy atom. The van der Waals surface area contributed by atoms with Crippen molar-refractivity contribution in [3.8, 4) is 0 Å². The van der Waals surface area contributed by atoms with Crippen LogP contribution in [0.1, 0.15) is 0 Å². The molecule has 0 atom stereocenters. The van der Waals surface area contributed by atoms with Crippen LogP contribution in [0.15, 0.2) is 63.7 Å². The minimum atomic E-state index is -4.35. The van der Waals surface area contributed by atoms with Crippen molar-refractivity contribution in [1.29, 1.82) is 0 Å². The first-order chi connectivity index (χ1) is 11.1. The van der Waals surface area contributed by atoms with Gasteiger partial charge in [-0.3, -0.25) is 0 Å². The van der Waals surface area contributed by atoms with Crippen molar-refractivity contribution in [2.45, 2.75) is 4.90 Å². The van der Waals surface area contributed by atoms with Crippen molar-refractivity contribution in [1.82, 2.24) is 0 Å². The van der Waals surface area contributed by atoms with Gasteiger partial charge in [0.2, 0.25) is 10.0 Å². The van der Waals surface area contributed by atoms with Crippen molar-refractivity contribution in [2.24, 2.45) is 15.4 Å². The summed E-state index contributed by atoms with van der Waals surface area (Å²) in [6, 6.07) is 11.8. The molecule has 0 fully saturated rings. The number of rotatable bonds is 6. The third-order valence-electron chi connectivity index (χ3n) is 2.77. The molecule has 2 aromatic rings. The number of benzene rings is 2. The number of anilines is 1. The number of nitrogens with zero attached hydrogens (tertiary/aromatic N) is 2. The average Bonchev–Trinajstić information content (AvgIpc) is 2.51. The van der Waals surface area contributed by atoms with Crippen LogP contribution < -0.4 is 40.0 Å². The zero-order chi connectivity index (χ0) is 17.8. The van der Waals surface area contributed by atoms with Gasteiger partial charge in [0.15, 0.2) is 0 Å². The maximum Gasteiger partial charge on any atom is 1.00 e. The molecule has 0 amide bonds. The quantitative estimate of drug-likeness (QED) is 0.353. The maximum atomic E-state index is 11.1. The molecular weight excluding hydrogens is 379 g/mol. The fourth-order valence-corrected chi connectivity index (χ4v) is 2.49. The Morgan fingerprint density at radius 1 is 0.880 bits per heavy atom. The van der Waals surface area contributed by atoms with Gasteiger partial charge in [0.1, 0.15) is 16.0 Å². The third kappa shape index (κ3) is 7.61. The van der Waals surface area contributed by atoms with E-state index >= 15 is 0 Å². The van der Waals surface area contributed by atoms with Gasteiger partial charge in [-0.05, 0) is 48.5 Å². The van der Waals surface area contributed by atoms with Crippen molar-refractivity contribution in [3.63, 3.8) is 0 Å². The standard InChI is InChI=1S/C13H14N4O5S2.Na/c14-24(21,22)13-7-5-12(6-8-13)17-16-11-3-1-10(2-4-11)15-9-23(18,19)20;/h1-8,15H,9H2,(H2,14,21,22)(H,18,19,20);/q;+1/p-1. The van der Waals surface area contributed by atoms with Crippen LogP contribution in [-0.2, 0) is 20.1 Å². The average molecular weight is 392 g/mol. The molecule has 9 nitrogen and oxygen atoms in total.